The van der Waals surface area contributed by atoms with Gasteiger partial charge in [-0.25, -0.2) is 4.98 Å². The highest BCUT2D eigenvalue weighted by Crippen LogP contribution is 2.28. The molecule has 106 valence electrons. The fourth-order valence-corrected chi connectivity index (χ4v) is 2.18. The van der Waals surface area contributed by atoms with Gasteiger partial charge in [-0.3, -0.25) is 14.5 Å². The van der Waals surface area contributed by atoms with Crippen molar-refractivity contribution in [1.82, 2.24) is 14.9 Å². The molecule has 0 atom stereocenters. The third kappa shape index (κ3) is 2.17. The zero-order valence-corrected chi connectivity index (χ0v) is 11.7. The minimum absolute atomic E-state index is 0.0778. The van der Waals surface area contributed by atoms with Gasteiger partial charge in [0.1, 0.15) is 5.02 Å². The van der Waals surface area contributed by atoms with Gasteiger partial charge in [0.25, 0.3) is 11.8 Å². The summed E-state index contributed by atoms with van der Waals surface area (Å²) < 4.78 is 0. The summed E-state index contributed by atoms with van der Waals surface area (Å²) in [6, 6.07) is 4.82. The number of fused-ring (bicyclic) bond motifs is 1. The van der Waals surface area contributed by atoms with Gasteiger partial charge < -0.3 is 11.1 Å². The lowest BCUT2D eigenvalue weighted by atomic mass is 10.1. The highest BCUT2D eigenvalue weighted by atomic mass is 35.5. The Labute approximate surface area is 124 Å². The fraction of sp³-hybridized carbons (Fsp3) is 0.0769. The first-order valence-corrected chi connectivity index (χ1v) is 6.36. The number of amides is 2. The molecule has 1 aliphatic rings. The first kappa shape index (κ1) is 13.3. The van der Waals surface area contributed by atoms with Crippen LogP contribution >= 0.6 is 11.6 Å². The van der Waals surface area contributed by atoms with Crippen LogP contribution in [-0.2, 0) is 0 Å². The van der Waals surface area contributed by atoms with Crippen molar-refractivity contribution in [2.24, 2.45) is 0 Å². The average molecular weight is 304 g/mol. The minimum atomic E-state index is -0.341. The number of nitrogens with two attached hydrogens (primary N) is 1. The summed E-state index contributed by atoms with van der Waals surface area (Å²) >= 11 is 5.97. The number of nitrogens with one attached hydrogen (secondary N) is 1. The maximum absolute atomic E-state index is 11.9. The lowest BCUT2D eigenvalue weighted by Crippen LogP contribution is -2.24. The molecule has 1 aliphatic heterocycles. The summed E-state index contributed by atoms with van der Waals surface area (Å²) in [5.74, 6) is -0.249. The predicted octanol–water partition coefficient (Wildman–Crippen LogP) is 1.68. The number of benzene rings is 1. The highest BCUT2D eigenvalue weighted by Gasteiger charge is 2.32. The van der Waals surface area contributed by atoms with Crippen LogP contribution in [0, 0.1) is 0 Å². The number of hydrogen-bond donors (Lipinski definition) is 2. The molecule has 2 heterocycles. The largest absolute Gasteiger partial charge is 0.368 e. The molecule has 0 radical (unpaired) electrons. The number of halogens is 1. The van der Waals surface area contributed by atoms with Crippen molar-refractivity contribution < 1.29 is 9.59 Å². The molecule has 3 N–H and O–H groups in total. The molecule has 2 aromatic rings. The molecule has 0 saturated heterocycles. The number of hydrogen-bond acceptors (Lipinski definition) is 6. The molecule has 0 bridgehead atoms. The lowest BCUT2D eigenvalue weighted by molar-refractivity contribution is 0.0693. The molecule has 3 rings (SSSR count). The zero-order valence-electron chi connectivity index (χ0n) is 10.9. The summed E-state index contributed by atoms with van der Waals surface area (Å²) in [6.45, 7) is 0. The van der Waals surface area contributed by atoms with Crippen molar-refractivity contribution in [2.45, 2.75) is 0 Å². The van der Waals surface area contributed by atoms with E-state index in [1.807, 2.05) is 0 Å². The SMILES string of the molecule is CN1C(=O)c2ccc(Nc3nc(N)ncc3Cl)cc2C1=O. The summed E-state index contributed by atoms with van der Waals surface area (Å²) in [6.07, 6.45) is 1.38. The molecule has 0 fully saturated rings. The number of carbonyl (C=O) groups excluding carboxylic acids is 2. The Balaban J connectivity index is 1.97. The Bertz CT molecular complexity index is 777. The molecule has 0 aliphatic carbocycles. The van der Waals surface area contributed by atoms with Crippen LogP contribution < -0.4 is 11.1 Å². The lowest BCUT2D eigenvalue weighted by Gasteiger charge is -2.08. The Hall–Kier alpha value is -2.67. The zero-order chi connectivity index (χ0) is 15.1. The highest BCUT2D eigenvalue weighted by molar-refractivity contribution is 6.33. The van der Waals surface area contributed by atoms with Gasteiger partial charge in [0.05, 0.1) is 17.3 Å². The number of nitrogens with zero attached hydrogens (tertiary/aromatic N) is 3. The van der Waals surface area contributed by atoms with E-state index in [2.05, 4.69) is 15.3 Å². The van der Waals surface area contributed by atoms with Gasteiger partial charge in [-0.05, 0) is 18.2 Å². The summed E-state index contributed by atoms with van der Waals surface area (Å²) in [7, 11) is 1.44. The van der Waals surface area contributed by atoms with E-state index in [-0.39, 0.29) is 17.8 Å². The quantitative estimate of drug-likeness (QED) is 0.819. The van der Waals surface area contributed by atoms with Gasteiger partial charge in [0.2, 0.25) is 5.95 Å². The second-order valence-corrected chi connectivity index (χ2v) is 4.89. The van der Waals surface area contributed by atoms with Crippen LogP contribution in [0.2, 0.25) is 5.02 Å². The number of aromatic nitrogens is 2. The topological polar surface area (TPSA) is 101 Å². The Morgan fingerprint density at radius 3 is 2.71 bits per heavy atom. The monoisotopic (exact) mass is 303 g/mol. The van der Waals surface area contributed by atoms with Crippen LogP contribution in [0.1, 0.15) is 20.7 Å². The van der Waals surface area contributed by atoms with Gasteiger partial charge in [-0.1, -0.05) is 11.6 Å². The third-order valence-corrected chi connectivity index (χ3v) is 3.39. The van der Waals surface area contributed by atoms with Gasteiger partial charge in [0.15, 0.2) is 5.82 Å². The second kappa shape index (κ2) is 4.71. The van der Waals surface area contributed by atoms with Gasteiger partial charge in [-0.15, -0.1) is 0 Å². The van der Waals surface area contributed by atoms with E-state index in [9.17, 15) is 9.59 Å². The molecular formula is C13H10ClN5O2. The number of rotatable bonds is 2. The van der Waals surface area contributed by atoms with Crippen LogP contribution in [0.3, 0.4) is 0 Å². The number of anilines is 3. The van der Waals surface area contributed by atoms with Gasteiger partial charge in [0, 0.05) is 12.7 Å². The van der Waals surface area contributed by atoms with E-state index in [4.69, 9.17) is 17.3 Å². The van der Waals surface area contributed by atoms with Crippen molar-refractivity contribution >= 4 is 40.9 Å². The standard InChI is InChI=1S/C13H10ClN5O2/c1-19-11(20)7-3-2-6(4-8(7)12(19)21)17-10-9(14)5-16-13(15)18-10/h2-5H,1H3,(H3,15,16,17,18). The first-order chi connectivity index (χ1) is 9.97. The predicted molar refractivity (Wildman–Crippen MR) is 77.6 cm³/mol. The number of nitrogen functional groups attached to an aromatic ring is 1. The van der Waals surface area contributed by atoms with Crippen molar-refractivity contribution in [1.29, 1.82) is 0 Å². The molecule has 0 spiro atoms. The molecule has 7 nitrogen and oxygen atoms in total. The summed E-state index contributed by atoms with van der Waals surface area (Å²) in [5.41, 5.74) is 6.79. The van der Waals surface area contributed by atoms with E-state index >= 15 is 0 Å². The number of imide groups is 1. The minimum Gasteiger partial charge on any atom is -0.368 e. The fourth-order valence-electron chi connectivity index (χ4n) is 2.04. The van der Waals surface area contributed by atoms with Gasteiger partial charge >= 0.3 is 0 Å². The van der Waals surface area contributed by atoms with E-state index in [0.717, 1.165) is 4.90 Å². The van der Waals surface area contributed by atoms with Crippen molar-refractivity contribution in [3.63, 3.8) is 0 Å². The second-order valence-electron chi connectivity index (χ2n) is 4.48. The number of carbonyl (C=O) groups is 2. The molecular weight excluding hydrogens is 294 g/mol. The van der Waals surface area contributed by atoms with Gasteiger partial charge in [-0.2, -0.15) is 4.98 Å². The van der Waals surface area contributed by atoms with Crippen molar-refractivity contribution in [3.8, 4) is 0 Å². The molecule has 1 aromatic heterocycles. The van der Waals surface area contributed by atoms with Crippen molar-refractivity contribution in [3.05, 3.63) is 40.5 Å². The molecule has 0 saturated carbocycles. The average Bonchev–Trinajstić information content (AvgIpc) is 2.68. The molecule has 1 aromatic carbocycles. The first-order valence-electron chi connectivity index (χ1n) is 5.99. The summed E-state index contributed by atoms with van der Waals surface area (Å²) in [4.78, 5) is 32.5. The van der Waals surface area contributed by atoms with E-state index in [1.54, 1.807) is 18.2 Å². The van der Waals surface area contributed by atoms with E-state index in [1.165, 1.54) is 13.2 Å². The van der Waals surface area contributed by atoms with Crippen LogP contribution in [-0.4, -0.2) is 33.7 Å². The Morgan fingerprint density at radius 1 is 1.24 bits per heavy atom. The summed E-state index contributed by atoms with van der Waals surface area (Å²) in [5, 5.41) is 3.24. The van der Waals surface area contributed by atoms with E-state index in [0.29, 0.717) is 27.7 Å². The van der Waals surface area contributed by atoms with Crippen LogP contribution in [0.4, 0.5) is 17.5 Å². The van der Waals surface area contributed by atoms with Crippen molar-refractivity contribution in [2.75, 3.05) is 18.1 Å². The van der Waals surface area contributed by atoms with E-state index < -0.39 is 0 Å². The maximum Gasteiger partial charge on any atom is 0.261 e. The smallest absolute Gasteiger partial charge is 0.261 e. The molecule has 0 unspecified atom stereocenters. The molecule has 8 heteroatoms. The van der Waals surface area contributed by atoms with Crippen LogP contribution in [0.15, 0.2) is 24.4 Å². The Morgan fingerprint density at radius 2 is 1.95 bits per heavy atom. The normalized spacial score (nSPS) is 13.5. The Kier molecular flexibility index (Phi) is 2.99. The van der Waals surface area contributed by atoms with Crippen LogP contribution in [0.25, 0.3) is 0 Å². The third-order valence-electron chi connectivity index (χ3n) is 3.12. The maximum atomic E-state index is 11.9. The van der Waals surface area contributed by atoms with Crippen LogP contribution in [0.5, 0.6) is 0 Å². The molecule has 2 amide bonds. The molecule has 21 heavy (non-hydrogen) atoms.